The number of alkyl halides is 3. The van der Waals surface area contributed by atoms with Crippen molar-refractivity contribution in [3.05, 3.63) is 11.7 Å². The summed E-state index contributed by atoms with van der Waals surface area (Å²) < 4.78 is 57.5. The molecule has 7 heteroatoms. The third-order valence-electron chi connectivity index (χ3n) is 0.787. The van der Waals surface area contributed by atoms with Crippen molar-refractivity contribution < 1.29 is 31.9 Å². The maximum Gasteiger partial charge on any atom is 0.445 e. The molecule has 0 aromatic rings. The monoisotopic (exact) mass is 189 g/mol. The lowest BCUT2D eigenvalue weighted by atomic mass is 10.3. The summed E-state index contributed by atoms with van der Waals surface area (Å²) in [4.78, 5) is 9.52. The van der Waals surface area contributed by atoms with E-state index in [1.165, 1.54) is 0 Å². The molecule has 0 fully saturated rings. The van der Waals surface area contributed by atoms with Crippen molar-refractivity contribution in [3.63, 3.8) is 0 Å². The Labute approximate surface area is 63.3 Å². The number of carbonyl (C=O) groups is 1. The second kappa shape index (κ2) is 3.51. The van der Waals surface area contributed by atoms with Gasteiger partial charge in [0, 0.05) is 12.4 Å². The van der Waals surface area contributed by atoms with Gasteiger partial charge in [0.15, 0.2) is 0 Å². The summed E-state index contributed by atoms with van der Waals surface area (Å²) >= 11 is 0. The molecule has 0 aliphatic rings. The van der Waals surface area contributed by atoms with Crippen LogP contribution in [-0.2, 0) is 4.79 Å². The first-order valence-electron chi connectivity index (χ1n) is 2.56. The number of halogens is 5. The van der Waals surface area contributed by atoms with Crippen molar-refractivity contribution in [2.24, 2.45) is 0 Å². The number of allylic oxidation sites excluding steroid dienone is 1. The molecule has 0 bridgehead atoms. The summed E-state index contributed by atoms with van der Waals surface area (Å²) in [6.45, 7) is 0. The summed E-state index contributed by atoms with van der Waals surface area (Å²) in [5.41, 5.74) is 0. The highest BCUT2D eigenvalue weighted by atomic mass is 19.4. The van der Waals surface area contributed by atoms with Crippen molar-refractivity contribution in [1.82, 2.24) is 0 Å². The first-order chi connectivity index (χ1) is 5.25. The van der Waals surface area contributed by atoms with E-state index in [9.17, 15) is 31.9 Å². The molecule has 0 atom stereocenters. The third kappa shape index (κ3) is 3.31. The van der Waals surface area contributed by atoms with E-state index < -0.39 is 30.2 Å². The summed E-state index contributed by atoms with van der Waals surface area (Å²) in [6, 6.07) is 0. The molecule has 0 spiro atoms. The Hall–Kier alpha value is -1.14. The maximum absolute atomic E-state index is 11.9. The zero-order valence-electron chi connectivity index (χ0n) is 5.41. The predicted octanol–water partition coefficient (Wildman–Crippen LogP) is 0.839. The number of aliphatic carboxylic acids is 1. The molecule has 70 valence electrons. The molecule has 0 amide bonds. The molecule has 0 unspecified atom stereocenters. The van der Waals surface area contributed by atoms with E-state index in [4.69, 9.17) is 0 Å². The molecule has 12 heavy (non-hydrogen) atoms. The zero-order chi connectivity index (χ0) is 9.94. The van der Waals surface area contributed by atoms with Crippen molar-refractivity contribution in [3.8, 4) is 0 Å². The van der Waals surface area contributed by atoms with E-state index in [0.717, 1.165) is 0 Å². The van der Waals surface area contributed by atoms with Crippen LogP contribution in [0.15, 0.2) is 11.7 Å². The summed E-state index contributed by atoms with van der Waals surface area (Å²) in [5.74, 6) is -7.54. The van der Waals surface area contributed by atoms with Crippen molar-refractivity contribution >= 4 is 5.97 Å². The van der Waals surface area contributed by atoms with Gasteiger partial charge >= 0.3 is 6.18 Å². The van der Waals surface area contributed by atoms with Crippen molar-refractivity contribution in [2.75, 3.05) is 0 Å². The van der Waals surface area contributed by atoms with Gasteiger partial charge in [-0.05, 0) is 0 Å². The Balaban J connectivity index is 4.58. The number of hydrogen-bond acceptors (Lipinski definition) is 2. The topological polar surface area (TPSA) is 40.1 Å². The Morgan fingerprint density at radius 1 is 1.25 bits per heavy atom. The van der Waals surface area contributed by atoms with E-state index in [0.29, 0.717) is 0 Å². The van der Waals surface area contributed by atoms with E-state index in [2.05, 4.69) is 0 Å². The summed E-state index contributed by atoms with van der Waals surface area (Å²) in [5, 5.41) is 9.52. The quantitative estimate of drug-likeness (QED) is 0.604. The smallest absolute Gasteiger partial charge is 0.445 e. The lowest BCUT2D eigenvalue weighted by Crippen LogP contribution is -2.23. The molecule has 0 heterocycles. The first-order valence-corrected chi connectivity index (χ1v) is 2.56. The van der Waals surface area contributed by atoms with Gasteiger partial charge in [0.1, 0.15) is 5.83 Å². The fourth-order valence-corrected chi connectivity index (χ4v) is 0.358. The Kier molecular flexibility index (Phi) is 3.17. The van der Waals surface area contributed by atoms with E-state index in [1.807, 2.05) is 0 Å². The maximum atomic E-state index is 11.9. The fourth-order valence-electron chi connectivity index (χ4n) is 0.358. The molecule has 0 rings (SSSR count). The van der Waals surface area contributed by atoms with Crippen LogP contribution in [0.25, 0.3) is 0 Å². The van der Waals surface area contributed by atoms with Gasteiger partial charge in [-0.1, -0.05) is 0 Å². The lowest BCUT2D eigenvalue weighted by molar-refractivity contribution is -0.305. The van der Waals surface area contributed by atoms with Gasteiger partial charge in [0.05, 0.1) is 0 Å². The molecule has 0 aromatic carbocycles. The van der Waals surface area contributed by atoms with E-state index >= 15 is 0 Å². The van der Waals surface area contributed by atoms with Crippen LogP contribution < -0.4 is 5.11 Å². The van der Waals surface area contributed by atoms with Gasteiger partial charge in [0.25, 0.3) is 0 Å². The van der Waals surface area contributed by atoms with Gasteiger partial charge in [-0.25, -0.2) is 4.39 Å². The average Bonchev–Trinajstić information content (AvgIpc) is 1.82. The van der Waals surface area contributed by atoms with Crippen LogP contribution in [0, 0.1) is 0 Å². The molecular formula is C5H2F5O2-. The number of carboxylic acid groups (broad SMARTS) is 1. The van der Waals surface area contributed by atoms with Crippen LogP contribution in [-0.4, -0.2) is 12.1 Å². The number of rotatable bonds is 2. The highest BCUT2D eigenvalue weighted by molar-refractivity contribution is 5.67. The Bertz CT molecular complexity index is 216. The van der Waals surface area contributed by atoms with Gasteiger partial charge in [-0.15, -0.1) is 0 Å². The standard InChI is InChI=1S/C5H3F5O2/c6-2(1-3(11)12)4(7)5(8,9)10/h1H2,(H,11,12)/p-1. The van der Waals surface area contributed by atoms with Gasteiger partial charge < -0.3 is 9.90 Å². The first kappa shape index (κ1) is 10.9. The SMILES string of the molecule is O=C([O-])CC(F)=C(F)C(F)(F)F. The van der Waals surface area contributed by atoms with Crippen molar-refractivity contribution in [1.29, 1.82) is 0 Å². The largest absolute Gasteiger partial charge is 0.550 e. The van der Waals surface area contributed by atoms with Crippen LogP contribution in [0.4, 0.5) is 22.0 Å². The van der Waals surface area contributed by atoms with Crippen LogP contribution in [0.3, 0.4) is 0 Å². The predicted molar refractivity (Wildman–Crippen MR) is 24.9 cm³/mol. The summed E-state index contributed by atoms with van der Waals surface area (Å²) in [7, 11) is 0. The summed E-state index contributed by atoms with van der Waals surface area (Å²) in [6.07, 6.45) is -7.20. The lowest BCUT2D eigenvalue weighted by Gasteiger charge is -2.04. The molecule has 0 saturated heterocycles. The van der Waals surface area contributed by atoms with Crippen LogP contribution in [0.1, 0.15) is 6.42 Å². The average molecular weight is 189 g/mol. The Morgan fingerprint density at radius 2 is 1.67 bits per heavy atom. The molecule has 0 aliphatic carbocycles. The van der Waals surface area contributed by atoms with Gasteiger partial charge in [-0.3, -0.25) is 0 Å². The minimum Gasteiger partial charge on any atom is -0.550 e. The zero-order valence-corrected chi connectivity index (χ0v) is 5.41. The second-order valence-corrected chi connectivity index (χ2v) is 1.77. The molecule has 0 aromatic heterocycles. The van der Waals surface area contributed by atoms with Crippen LogP contribution in [0.2, 0.25) is 0 Å². The highest BCUT2D eigenvalue weighted by Gasteiger charge is 2.37. The molecule has 2 nitrogen and oxygen atoms in total. The number of carboxylic acids is 1. The minimum atomic E-state index is -5.49. The molecule has 0 N–H and O–H groups in total. The highest BCUT2D eigenvalue weighted by Crippen LogP contribution is 2.30. The Morgan fingerprint density at radius 3 is 1.92 bits per heavy atom. The third-order valence-corrected chi connectivity index (χ3v) is 0.787. The van der Waals surface area contributed by atoms with Crippen LogP contribution in [0.5, 0.6) is 0 Å². The number of hydrogen-bond donors (Lipinski definition) is 0. The van der Waals surface area contributed by atoms with Gasteiger partial charge in [-0.2, -0.15) is 17.6 Å². The van der Waals surface area contributed by atoms with Crippen molar-refractivity contribution in [2.45, 2.75) is 12.6 Å². The molecular weight excluding hydrogens is 187 g/mol. The van der Waals surface area contributed by atoms with E-state index in [-0.39, 0.29) is 0 Å². The normalized spacial score (nSPS) is 14.1. The fraction of sp³-hybridized carbons (Fsp3) is 0.400. The second-order valence-electron chi connectivity index (χ2n) is 1.77. The van der Waals surface area contributed by atoms with E-state index in [1.54, 1.807) is 0 Å². The van der Waals surface area contributed by atoms with Gasteiger partial charge in [0.2, 0.25) is 5.83 Å². The molecule has 0 radical (unpaired) electrons. The molecule has 0 saturated carbocycles. The minimum absolute atomic E-state index is 1.72. The van der Waals surface area contributed by atoms with Crippen LogP contribution >= 0.6 is 0 Å². The molecule has 0 aliphatic heterocycles. The number of carbonyl (C=O) groups excluding carboxylic acids is 1.